The number of para-hydroxylation sites is 2. The first-order valence-electron chi connectivity index (χ1n) is 9.32. The van der Waals surface area contributed by atoms with E-state index in [-0.39, 0.29) is 16.5 Å². The quantitative estimate of drug-likeness (QED) is 0.466. The molecule has 1 heterocycles. The van der Waals surface area contributed by atoms with Gasteiger partial charge in [-0.3, -0.25) is 0 Å². The van der Waals surface area contributed by atoms with E-state index >= 15 is 0 Å². The van der Waals surface area contributed by atoms with Gasteiger partial charge in [0.1, 0.15) is 11.6 Å². The summed E-state index contributed by atoms with van der Waals surface area (Å²) in [6.07, 6.45) is 0. The molecular formula is C22H19ClFN3O2S. The summed E-state index contributed by atoms with van der Waals surface area (Å²) in [4.78, 5) is 4.65. The smallest absolute Gasteiger partial charge is 0.240 e. The van der Waals surface area contributed by atoms with Crippen LogP contribution in [0.5, 0.6) is 0 Å². The zero-order valence-electron chi connectivity index (χ0n) is 16.1. The molecular weight excluding hydrogens is 425 g/mol. The van der Waals surface area contributed by atoms with E-state index in [9.17, 15) is 12.8 Å². The summed E-state index contributed by atoms with van der Waals surface area (Å²) in [5.41, 5.74) is 3.84. The lowest BCUT2D eigenvalue weighted by molar-refractivity contribution is 0.574. The number of hydrogen-bond acceptors (Lipinski definition) is 3. The van der Waals surface area contributed by atoms with E-state index in [0.29, 0.717) is 6.54 Å². The number of nitrogens with zero attached hydrogens (tertiary/aromatic N) is 2. The summed E-state index contributed by atoms with van der Waals surface area (Å²) in [6, 6.07) is 19.1. The molecule has 0 fully saturated rings. The van der Waals surface area contributed by atoms with Gasteiger partial charge in [0.25, 0.3) is 0 Å². The molecule has 0 unspecified atom stereocenters. The number of benzene rings is 3. The highest BCUT2D eigenvalue weighted by Gasteiger charge is 2.17. The fourth-order valence-corrected chi connectivity index (χ4v) is 4.54. The van der Waals surface area contributed by atoms with Crippen molar-refractivity contribution < 1.29 is 12.8 Å². The third-order valence-corrected chi connectivity index (χ3v) is 6.54. The Morgan fingerprint density at radius 2 is 1.80 bits per heavy atom. The number of aromatic nitrogens is 2. The van der Waals surface area contributed by atoms with Crippen LogP contribution in [0.25, 0.3) is 22.4 Å². The second kappa shape index (κ2) is 8.18. The molecule has 0 saturated heterocycles. The topological polar surface area (TPSA) is 64.0 Å². The molecule has 0 saturated carbocycles. The molecule has 5 nitrogen and oxygen atoms in total. The molecule has 3 aromatic carbocycles. The van der Waals surface area contributed by atoms with Gasteiger partial charge in [-0.1, -0.05) is 53.6 Å². The average Bonchev–Trinajstić information content (AvgIpc) is 3.09. The number of nitrogens with one attached hydrogen (secondary N) is 1. The van der Waals surface area contributed by atoms with Crippen molar-refractivity contribution in [1.82, 2.24) is 14.3 Å². The van der Waals surface area contributed by atoms with Crippen LogP contribution in [-0.2, 0) is 16.6 Å². The standard InChI is InChI=1S/C22H19ClFN3O2S/c1-15-6-8-16(9-7-15)22-26-20-4-2-3-5-21(20)27(22)13-12-25-30(28,29)17-10-11-19(24)18(23)14-17/h2-11,14,25H,12-13H2,1H3. The first-order chi connectivity index (χ1) is 14.3. The number of sulfonamides is 1. The molecule has 0 aliphatic carbocycles. The van der Waals surface area contributed by atoms with Crippen molar-refractivity contribution in [2.45, 2.75) is 18.4 Å². The highest BCUT2D eigenvalue weighted by atomic mass is 35.5. The van der Waals surface area contributed by atoms with Gasteiger partial charge < -0.3 is 4.57 Å². The van der Waals surface area contributed by atoms with Crippen LogP contribution in [-0.4, -0.2) is 24.5 Å². The van der Waals surface area contributed by atoms with Crippen molar-refractivity contribution >= 4 is 32.7 Å². The molecule has 0 atom stereocenters. The third-order valence-electron chi connectivity index (χ3n) is 4.79. The maximum atomic E-state index is 13.3. The zero-order chi connectivity index (χ0) is 21.3. The van der Waals surface area contributed by atoms with Gasteiger partial charge in [0.2, 0.25) is 10.0 Å². The van der Waals surface area contributed by atoms with Crippen molar-refractivity contribution in [3.8, 4) is 11.4 Å². The molecule has 0 bridgehead atoms. The predicted molar refractivity (Wildman–Crippen MR) is 117 cm³/mol. The summed E-state index contributed by atoms with van der Waals surface area (Å²) >= 11 is 5.72. The molecule has 0 spiro atoms. The van der Waals surface area contributed by atoms with E-state index in [4.69, 9.17) is 16.6 Å². The highest BCUT2D eigenvalue weighted by molar-refractivity contribution is 7.89. The maximum absolute atomic E-state index is 13.3. The maximum Gasteiger partial charge on any atom is 0.240 e. The summed E-state index contributed by atoms with van der Waals surface area (Å²) in [7, 11) is -3.82. The van der Waals surface area contributed by atoms with E-state index in [1.54, 1.807) is 0 Å². The van der Waals surface area contributed by atoms with Gasteiger partial charge in [0, 0.05) is 18.7 Å². The van der Waals surface area contributed by atoms with Crippen molar-refractivity contribution in [2.75, 3.05) is 6.54 Å². The van der Waals surface area contributed by atoms with E-state index in [1.807, 2.05) is 60.0 Å². The molecule has 1 N–H and O–H groups in total. The normalized spacial score (nSPS) is 11.8. The summed E-state index contributed by atoms with van der Waals surface area (Å²) in [6.45, 7) is 2.53. The number of aryl methyl sites for hydroxylation is 1. The Morgan fingerprint density at radius 3 is 2.53 bits per heavy atom. The minimum atomic E-state index is -3.82. The fraction of sp³-hybridized carbons (Fsp3) is 0.136. The molecule has 154 valence electrons. The molecule has 0 radical (unpaired) electrons. The minimum absolute atomic E-state index is 0.0804. The Bertz CT molecular complexity index is 1320. The van der Waals surface area contributed by atoms with Crippen molar-refractivity contribution in [1.29, 1.82) is 0 Å². The molecule has 4 aromatic rings. The van der Waals surface area contributed by atoms with Gasteiger partial charge in [-0.2, -0.15) is 0 Å². The van der Waals surface area contributed by atoms with E-state index in [1.165, 1.54) is 6.07 Å². The highest BCUT2D eigenvalue weighted by Crippen LogP contribution is 2.25. The Hall–Kier alpha value is -2.74. The third kappa shape index (κ3) is 4.09. The first-order valence-corrected chi connectivity index (χ1v) is 11.2. The Balaban J connectivity index is 1.61. The van der Waals surface area contributed by atoms with E-state index in [2.05, 4.69) is 4.72 Å². The van der Waals surface area contributed by atoms with Crippen molar-refractivity contribution in [2.24, 2.45) is 0 Å². The number of fused-ring (bicyclic) bond motifs is 1. The zero-order valence-corrected chi connectivity index (χ0v) is 17.7. The number of hydrogen-bond donors (Lipinski definition) is 1. The second-order valence-corrected chi connectivity index (χ2v) is 9.09. The molecule has 0 aliphatic rings. The Morgan fingerprint density at radius 1 is 1.07 bits per heavy atom. The summed E-state index contributed by atoms with van der Waals surface area (Å²) in [5, 5.41) is -0.236. The summed E-state index contributed by atoms with van der Waals surface area (Å²) in [5.74, 6) is 0.100. The van der Waals surface area contributed by atoms with E-state index in [0.717, 1.165) is 40.1 Å². The van der Waals surface area contributed by atoms with Gasteiger partial charge in [-0.05, 0) is 37.3 Å². The van der Waals surface area contributed by atoms with Crippen LogP contribution in [0.2, 0.25) is 5.02 Å². The monoisotopic (exact) mass is 443 g/mol. The van der Waals surface area contributed by atoms with E-state index < -0.39 is 15.8 Å². The number of rotatable bonds is 6. The summed E-state index contributed by atoms with van der Waals surface area (Å²) < 4.78 is 43.0. The van der Waals surface area contributed by atoms with Gasteiger partial charge in [-0.25, -0.2) is 22.5 Å². The molecule has 0 amide bonds. The lowest BCUT2D eigenvalue weighted by atomic mass is 10.1. The SMILES string of the molecule is Cc1ccc(-c2nc3ccccc3n2CCNS(=O)(=O)c2ccc(F)c(Cl)c2)cc1. The van der Waals surface area contributed by atoms with Crippen LogP contribution in [0.15, 0.2) is 71.6 Å². The number of imidazole rings is 1. The lowest BCUT2D eigenvalue weighted by Crippen LogP contribution is -2.27. The van der Waals surface area contributed by atoms with Crippen molar-refractivity contribution in [3.05, 3.63) is 83.1 Å². The average molecular weight is 444 g/mol. The molecule has 30 heavy (non-hydrogen) atoms. The fourth-order valence-electron chi connectivity index (χ4n) is 3.24. The molecule has 1 aromatic heterocycles. The van der Waals surface area contributed by atoms with Crippen LogP contribution >= 0.6 is 11.6 Å². The van der Waals surface area contributed by atoms with Crippen LogP contribution in [0.1, 0.15) is 5.56 Å². The van der Waals surface area contributed by atoms with Gasteiger partial charge in [0.05, 0.1) is 21.0 Å². The minimum Gasteiger partial charge on any atom is -0.323 e. The van der Waals surface area contributed by atoms with Gasteiger partial charge >= 0.3 is 0 Å². The Kier molecular flexibility index (Phi) is 5.60. The molecule has 0 aliphatic heterocycles. The number of halogens is 2. The first kappa shape index (κ1) is 20.5. The van der Waals surface area contributed by atoms with Crippen LogP contribution in [0.4, 0.5) is 4.39 Å². The second-order valence-electron chi connectivity index (χ2n) is 6.92. The van der Waals surface area contributed by atoms with Crippen LogP contribution in [0, 0.1) is 12.7 Å². The molecule has 8 heteroatoms. The van der Waals surface area contributed by atoms with Crippen LogP contribution < -0.4 is 4.72 Å². The largest absolute Gasteiger partial charge is 0.323 e. The van der Waals surface area contributed by atoms with Crippen LogP contribution in [0.3, 0.4) is 0 Å². The predicted octanol–water partition coefficient (Wildman–Crippen LogP) is 4.78. The van der Waals surface area contributed by atoms with Crippen molar-refractivity contribution in [3.63, 3.8) is 0 Å². The van der Waals surface area contributed by atoms with Gasteiger partial charge in [-0.15, -0.1) is 0 Å². The Labute approximate surface area is 179 Å². The van der Waals surface area contributed by atoms with Gasteiger partial charge in [0.15, 0.2) is 0 Å². The molecule has 4 rings (SSSR count). The lowest BCUT2D eigenvalue weighted by Gasteiger charge is -2.11.